The SMILES string of the molecule is CCOC(=O)c1ncc(I)cc1N. The Kier molecular flexibility index (Phi) is 3.47. The Morgan fingerprint density at radius 2 is 2.46 bits per heavy atom. The molecule has 0 aliphatic heterocycles. The topological polar surface area (TPSA) is 65.2 Å². The number of ether oxygens (including phenoxy) is 1. The summed E-state index contributed by atoms with van der Waals surface area (Å²) in [5, 5.41) is 0. The zero-order chi connectivity index (χ0) is 9.84. The average Bonchev–Trinajstić information content (AvgIpc) is 2.04. The van der Waals surface area contributed by atoms with E-state index >= 15 is 0 Å². The van der Waals surface area contributed by atoms with Crippen LogP contribution in [-0.4, -0.2) is 17.6 Å². The number of anilines is 1. The van der Waals surface area contributed by atoms with Gasteiger partial charge in [-0.25, -0.2) is 9.78 Å². The van der Waals surface area contributed by atoms with Crippen LogP contribution in [0.4, 0.5) is 5.69 Å². The summed E-state index contributed by atoms with van der Waals surface area (Å²) < 4.78 is 5.66. The molecule has 0 unspecified atom stereocenters. The number of hydrogen-bond donors (Lipinski definition) is 1. The van der Waals surface area contributed by atoms with Gasteiger partial charge in [0.25, 0.3) is 0 Å². The molecule has 0 bridgehead atoms. The Morgan fingerprint density at radius 3 is 3.00 bits per heavy atom. The molecule has 0 amide bonds. The first-order chi connectivity index (χ1) is 6.15. The van der Waals surface area contributed by atoms with E-state index in [4.69, 9.17) is 10.5 Å². The average molecular weight is 292 g/mol. The monoisotopic (exact) mass is 292 g/mol. The molecule has 4 nitrogen and oxygen atoms in total. The maximum Gasteiger partial charge on any atom is 0.359 e. The molecule has 0 atom stereocenters. The third-order valence-electron chi connectivity index (χ3n) is 1.35. The minimum absolute atomic E-state index is 0.183. The maximum absolute atomic E-state index is 11.2. The molecule has 0 radical (unpaired) electrons. The largest absolute Gasteiger partial charge is 0.461 e. The summed E-state index contributed by atoms with van der Waals surface area (Å²) >= 11 is 2.07. The third kappa shape index (κ3) is 2.55. The fraction of sp³-hybridized carbons (Fsp3) is 0.250. The summed E-state index contributed by atoms with van der Waals surface area (Å²) in [7, 11) is 0. The summed E-state index contributed by atoms with van der Waals surface area (Å²) in [4.78, 5) is 15.1. The molecule has 0 aliphatic rings. The molecule has 5 heteroatoms. The number of carbonyl (C=O) groups excluding carboxylic acids is 1. The van der Waals surface area contributed by atoms with Gasteiger partial charge < -0.3 is 10.5 Å². The fourth-order valence-electron chi connectivity index (χ4n) is 0.825. The van der Waals surface area contributed by atoms with Gasteiger partial charge in [0.1, 0.15) is 0 Å². The lowest BCUT2D eigenvalue weighted by atomic mass is 10.3. The molecule has 0 saturated heterocycles. The second-order valence-corrected chi connectivity index (χ2v) is 3.56. The molecule has 0 spiro atoms. The number of esters is 1. The molecule has 70 valence electrons. The van der Waals surface area contributed by atoms with Gasteiger partial charge in [0.05, 0.1) is 12.3 Å². The molecule has 13 heavy (non-hydrogen) atoms. The maximum atomic E-state index is 11.2. The van der Waals surface area contributed by atoms with Crippen LogP contribution in [0, 0.1) is 3.57 Å². The van der Waals surface area contributed by atoms with Gasteiger partial charge in [0.2, 0.25) is 0 Å². The summed E-state index contributed by atoms with van der Waals surface area (Å²) in [6.45, 7) is 2.06. The van der Waals surface area contributed by atoms with Gasteiger partial charge in [0, 0.05) is 9.77 Å². The Bertz CT molecular complexity index is 328. The number of hydrogen-bond acceptors (Lipinski definition) is 4. The number of carbonyl (C=O) groups is 1. The Morgan fingerprint density at radius 1 is 1.77 bits per heavy atom. The van der Waals surface area contributed by atoms with Crippen molar-refractivity contribution in [2.75, 3.05) is 12.3 Å². The van der Waals surface area contributed by atoms with E-state index in [1.54, 1.807) is 19.2 Å². The summed E-state index contributed by atoms with van der Waals surface area (Å²) in [6, 6.07) is 1.68. The predicted molar refractivity (Wildman–Crippen MR) is 57.3 cm³/mol. The molecular formula is C8H9IN2O2. The van der Waals surface area contributed by atoms with Gasteiger partial charge in [-0.3, -0.25) is 0 Å². The fourth-order valence-corrected chi connectivity index (χ4v) is 1.30. The highest BCUT2D eigenvalue weighted by Crippen LogP contribution is 2.13. The van der Waals surface area contributed by atoms with Gasteiger partial charge in [-0.15, -0.1) is 0 Å². The summed E-state index contributed by atoms with van der Waals surface area (Å²) in [6.07, 6.45) is 1.57. The Labute approximate surface area is 89.6 Å². The Hall–Kier alpha value is -0.850. The lowest BCUT2D eigenvalue weighted by molar-refractivity contribution is 0.0521. The van der Waals surface area contributed by atoms with Crippen LogP contribution in [0.15, 0.2) is 12.3 Å². The number of nitrogen functional groups attached to an aromatic ring is 1. The van der Waals surface area contributed by atoms with Crippen molar-refractivity contribution in [3.05, 3.63) is 21.5 Å². The van der Waals surface area contributed by atoms with Gasteiger partial charge in [-0.05, 0) is 35.6 Å². The number of nitrogens with zero attached hydrogens (tertiary/aromatic N) is 1. The molecule has 2 N–H and O–H groups in total. The van der Waals surface area contributed by atoms with Crippen LogP contribution in [0.3, 0.4) is 0 Å². The minimum Gasteiger partial charge on any atom is -0.461 e. The number of halogens is 1. The summed E-state index contributed by atoms with van der Waals surface area (Å²) in [5.74, 6) is -0.476. The second kappa shape index (κ2) is 4.40. The van der Waals surface area contributed by atoms with E-state index in [1.165, 1.54) is 0 Å². The first-order valence-electron chi connectivity index (χ1n) is 3.73. The first kappa shape index (κ1) is 10.2. The number of pyridine rings is 1. The van der Waals surface area contributed by atoms with E-state index in [9.17, 15) is 4.79 Å². The molecular weight excluding hydrogens is 283 g/mol. The van der Waals surface area contributed by atoms with Crippen molar-refractivity contribution >= 4 is 34.2 Å². The van der Waals surface area contributed by atoms with E-state index in [0.29, 0.717) is 12.3 Å². The standard InChI is InChI=1S/C8H9IN2O2/c1-2-13-8(12)7-6(10)3-5(9)4-11-7/h3-4H,2,10H2,1H3. The molecule has 1 heterocycles. The van der Waals surface area contributed by atoms with Crippen molar-refractivity contribution in [3.63, 3.8) is 0 Å². The van der Waals surface area contributed by atoms with Gasteiger partial charge >= 0.3 is 5.97 Å². The minimum atomic E-state index is -0.476. The lowest BCUT2D eigenvalue weighted by Gasteiger charge is -2.03. The van der Waals surface area contributed by atoms with Crippen LogP contribution in [0.2, 0.25) is 0 Å². The van der Waals surface area contributed by atoms with Crippen LogP contribution in [0.1, 0.15) is 17.4 Å². The van der Waals surface area contributed by atoms with E-state index in [2.05, 4.69) is 27.6 Å². The van der Waals surface area contributed by atoms with Crippen molar-refractivity contribution in [3.8, 4) is 0 Å². The molecule has 0 saturated carbocycles. The molecule has 1 rings (SSSR count). The molecule has 0 aliphatic carbocycles. The van der Waals surface area contributed by atoms with Crippen LogP contribution in [0.5, 0.6) is 0 Å². The highest BCUT2D eigenvalue weighted by molar-refractivity contribution is 14.1. The molecule has 1 aromatic heterocycles. The van der Waals surface area contributed by atoms with E-state index in [0.717, 1.165) is 3.57 Å². The quantitative estimate of drug-likeness (QED) is 0.662. The second-order valence-electron chi connectivity index (χ2n) is 2.31. The molecule has 0 aromatic carbocycles. The predicted octanol–water partition coefficient (Wildman–Crippen LogP) is 1.45. The highest BCUT2D eigenvalue weighted by atomic mass is 127. The van der Waals surface area contributed by atoms with Crippen LogP contribution in [0.25, 0.3) is 0 Å². The van der Waals surface area contributed by atoms with Gasteiger partial charge in [0.15, 0.2) is 5.69 Å². The van der Waals surface area contributed by atoms with Crippen molar-refractivity contribution in [1.82, 2.24) is 4.98 Å². The number of aromatic nitrogens is 1. The van der Waals surface area contributed by atoms with Crippen LogP contribution >= 0.6 is 22.6 Å². The van der Waals surface area contributed by atoms with E-state index in [1.807, 2.05) is 0 Å². The lowest BCUT2D eigenvalue weighted by Crippen LogP contribution is -2.10. The van der Waals surface area contributed by atoms with Gasteiger partial charge in [-0.1, -0.05) is 0 Å². The highest BCUT2D eigenvalue weighted by Gasteiger charge is 2.11. The zero-order valence-corrected chi connectivity index (χ0v) is 9.24. The Balaban J connectivity index is 2.95. The van der Waals surface area contributed by atoms with Crippen LogP contribution < -0.4 is 5.73 Å². The van der Waals surface area contributed by atoms with E-state index in [-0.39, 0.29) is 5.69 Å². The van der Waals surface area contributed by atoms with Gasteiger partial charge in [-0.2, -0.15) is 0 Å². The first-order valence-corrected chi connectivity index (χ1v) is 4.81. The zero-order valence-electron chi connectivity index (χ0n) is 7.08. The number of rotatable bonds is 2. The smallest absolute Gasteiger partial charge is 0.359 e. The van der Waals surface area contributed by atoms with Crippen molar-refractivity contribution in [2.24, 2.45) is 0 Å². The number of nitrogens with two attached hydrogens (primary N) is 1. The van der Waals surface area contributed by atoms with E-state index < -0.39 is 5.97 Å². The normalized spacial score (nSPS) is 9.69. The van der Waals surface area contributed by atoms with Crippen molar-refractivity contribution in [2.45, 2.75) is 6.92 Å². The van der Waals surface area contributed by atoms with Crippen molar-refractivity contribution in [1.29, 1.82) is 0 Å². The van der Waals surface area contributed by atoms with Crippen LogP contribution in [-0.2, 0) is 4.74 Å². The molecule has 1 aromatic rings. The molecule has 0 fully saturated rings. The van der Waals surface area contributed by atoms with Crippen molar-refractivity contribution < 1.29 is 9.53 Å². The summed E-state index contributed by atoms with van der Waals surface area (Å²) in [5.41, 5.74) is 6.12. The third-order valence-corrected chi connectivity index (χ3v) is 1.94.